The fourth-order valence-electron chi connectivity index (χ4n) is 1.80. The van der Waals surface area contributed by atoms with Crippen LogP contribution in [-0.4, -0.2) is 24.5 Å². The second kappa shape index (κ2) is 6.26. The lowest BCUT2D eigenvalue weighted by molar-refractivity contribution is 0.291. The lowest BCUT2D eigenvalue weighted by atomic mass is 10.1. The molecule has 0 aliphatic carbocycles. The van der Waals surface area contributed by atoms with Crippen molar-refractivity contribution in [2.75, 3.05) is 19.6 Å². The average molecular weight is 226 g/mol. The molecule has 0 radical (unpaired) electrons. The van der Waals surface area contributed by atoms with E-state index < -0.39 is 0 Å². The van der Waals surface area contributed by atoms with Crippen LogP contribution in [-0.2, 0) is 0 Å². The summed E-state index contributed by atoms with van der Waals surface area (Å²) < 4.78 is 0. The van der Waals surface area contributed by atoms with Gasteiger partial charge in [-0.25, -0.2) is 0 Å². The van der Waals surface area contributed by atoms with Gasteiger partial charge in [0.15, 0.2) is 0 Å². The third kappa shape index (κ3) is 3.59. The Morgan fingerprint density at radius 1 is 1.40 bits per heavy atom. The molecular weight excluding hydrogens is 204 g/mol. The highest BCUT2D eigenvalue weighted by atomic mass is 32.1. The van der Waals surface area contributed by atoms with Crippen molar-refractivity contribution in [3.8, 4) is 0 Å². The molecule has 2 nitrogen and oxygen atoms in total. The molecule has 0 spiro atoms. The maximum absolute atomic E-state index is 6.18. The minimum absolute atomic E-state index is 0.205. The standard InChI is InChI=1S/C12H22N2S/c1-4-14(5-2)8-6-12(13)11-7-9-15-10(11)3/h7,9,12H,4-6,8,13H2,1-3H3. The molecule has 3 heteroatoms. The summed E-state index contributed by atoms with van der Waals surface area (Å²) in [5.74, 6) is 0. The Morgan fingerprint density at radius 3 is 2.53 bits per heavy atom. The topological polar surface area (TPSA) is 29.3 Å². The Bertz CT molecular complexity index is 279. The van der Waals surface area contributed by atoms with Gasteiger partial charge in [0.2, 0.25) is 0 Å². The summed E-state index contributed by atoms with van der Waals surface area (Å²) in [7, 11) is 0. The van der Waals surface area contributed by atoms with Crippen molar-refractivity contribution >= 4 is 11.3 Å². The van der Waals surface area contributed by atoms with Gasteiger partial charge in [0.25, 0.3) is 0 Å². The third-order valence-electron chi connectivity index (χ3n) is 2.95. The van der Waals surface area contributed by atoms with Crippen LogP contribution in [0.1, 0.15) is 36.8 Å². The fourth-order valence-corrected chi connectivity index (χ4v) is 2.57. The first-order chi connectivity index (χ1) is 7.19. The first-order valence-corrected chi connectivity index (χ1v) is 6.58. The number of nitrogens with zero attached hydrogens (tertiary/aromatic N) is 1. The van der Waals surface area contributed by atoms with E-state index in [1.54, 1.807) is 11.3 Å². The van der Waals surface area contributed by atoms with Gasteiger partial charge in [-0.3, -0.25) is 0 Å². The van der Waals surface area contributed by atoms with Gasteiger partial charge >= 0.3 is 0 Å². The predicted molar refractivity (Wildman–Crippen MR) is 68.4 cm³/mol. The molecule has 0 saturated heterocycles. The molecule has 86 valence electrons. The van der Waals surface area contributed by atoms with Crippen LogP contribution in [0.5, 0.6) is 0 Å². The minimum Gasteiger partial charge on any atom is -0.324 e. The molecule has 1 unspecified atom stereocenters. The van der Waals surface area contributed by atoms with Crippen molar-refractivity contribution < 1.29 is 0 Å². The van der Waals surface area contributed by atoms with Crippen molar-refractivity contribution in [1.82, 2.24) is 4.90 Å². The molecular formula is C12H22N2S. The zero-order chi connectivity index (χ0) is 11.3. The molecule has 0 saturated carbocycles. The molecule has 0 amide bonds. The van der Waals surface area contributed by atoms with Crippen LogP contribution in [0.15, 0.2) is 11.4 Å². The summed E-state index contributed by atoms with van der Waals surface area (Å²) in [6.45, 7) is 9.88. The first kappa shape index (κ1) is 12.7. The summed E-state index contributed by atoms with van der Waals surface area (Å²) >= 11 is 1.78. The highest BCUT2D eigenvalue weighted by Gasteiger charge is 2.10. The normalized spacial score (nSPS) is 13.4. The second-order valence-electron chi connectivity index (χ2n) is 3.85. The highest BCUT2D eigenvalue weighted by molar-refractivity contribution is 7.10. The van der Waals surface area contributed by atoms with Gasteiger partial charge in [-0.2, -0.15) is 0 Å². The van der Waals surface area contributed by atoms with Gasteiger partial charge in [-0.1, -0.05) is 13.8 Å². The lowest BCUT2D eigenvalue weighted by Gasteiger charge is -2.20. The zero-order valence-electron chi connectivity index (χ0n) is 9.99. The maximum atomic E-state index is 6.18. The maximum Gasteiger partial charge on any atom is 0.0318 e. The molecule has 0 aromatic carbocycles. The highest BCUT2D eigenvalue weighted by Crippen LogP contribution is 2.23. The van der Waals surface area contributed by atoms with Gasteiger partial charge in [0.05, 0.1) is 0 Å². The second-order valence-corrected chi connectivity index (χ2v) is 4.97. The number of nitrogens with two attached hydrogens (primary N) is 1. The van der Waals surface area contributed by atoms with Crippen LogP contribution in [0.2, 0.25) is 0 Å². The van der Waals surface area contributed by atoms with Crippen LogP contribution in [0.3, 0.4) is 0 Å². The number of hydrogen-bond donors (Lipinski definition) is 1. The minimum atomic E-state index is 0.205. The number of thiophene rings is 1. The van der Waals surface area contributed by atoms with Crippen LogP contribution in [0, 0.1) is 6.92 Å². The SMILES string of the molecule is CCN(CC)CCC(N)c1ccsc1C. The van der Waals surface area contributed by atoms with Crippen molar-refractivity contribution in [2.24, 2.45) is 5.73 Å². The number of aryl methyl sites for hydroxylation is 1. The Balaban J connectivity index is 2.42. The Morgan fingerprint density at radius 2 is 2.07 bits per heavy atom. The smallest absolute Gasteiger partial charge is 0.0318 e. The van der Waals surface area contributed by atoms with Crippen molar-refractivity contribution in [3.63, 3.8) is 0 Å². The van der Waals surface area contributed by atoms with Crippen molar-refractivity contribution in [1.29, 1.82) is 0 Å². The number of rotatable bonds is 6. The summed E-state index contributed by atoms with van der Waals surface area (Å²) in [6.07, 6.45) is 1.05. The van der Waals surface area contributed by atoms with E-state index in [0.29, 0.717) is 0 Å². The van der Waals surface area contributed by atoms with E-state index >= 15 is 0 Å². The van der Waals surface area contributed by atoms with Crippen LogP contribution in [0.25, 0.3) is 0 Å². The van der Waals surface area contributed by atoms with Gasteiger partial charge in [0.1, 0.15) is 0 Å². The van der Waals surface area contributed by atoms with Gasteiger partial charge < -0.3 is 10.6 Å². The molecule has 0 bridgehead atoms. The van der Waals surface area contributed by atoms with Gasteiger partial charge in [0, 0.05) is 10.9 Å². The monoisotopic (exact) mass is 226 g/mol. The van der Waals surface area contributed by atoms with E-state index in [0.717, 1.165) is 26.1 Å². The lowest BCUT2D eigenvalue weighted by Crippen LogP contribution is -2.27. The summed E-state index contributed by atoms with van der Waals surface area (Å²) in [5, 5.41) is 2.13. The molecule has 0 aliphatic heterocycles. The van der Waals surface area contributed by atoms with Gasteiger partial charge in [-0.05, 0) is 50.0 Å². The zero-order valence-corrected chi connectivity index (χ0v) is 10.8. The average Bonchev–Trinajstić information content (AvgIpc) is 2.66. The largest absolute Gasteiger partial charge is 0.324 e. The van der Waals surface area contributed by atoms with E-state index in [1.807, 2.05) is 0 Å². The molecule has 1 atom stereocenters. The van der Waals surface area contributed by atoms with E-state index in [1.165, 1.54) is 10.4 Å². The van der Waals surface area contributed by atoms with E-state index in [-0.39, 0.29) is 6.04 Å². The number of hydrogen-bond acceptors (Lipinski definition) is 3. The Kier molecular flexibility index (Phi) is 5.29. The van der Waals surface area contributed by atoms with Crippen LogP contribution >= 0.6 is 11.3 Å². The quantitative estimate of drug-likeness (QED) is 0.808. The summed E-state index contributed by atoms with van der Waals surface area (Å²) in [5.41, 5.74) is 7.50. The van der Waals surface area contributed by atoms with Crippen molar-refractivity contribution in [3.05, 3.63) is 21.9 Å². The Labute approximate surface area is 97.1 Å². The molecule has 1 aromatic rings. The molecule has 0 aliphatic rings. The first-order valence-electron chi connectivity index (χ1n) is 5.70. The van der Waals surface area contributed by atoms with E-state index in [2.05, 4.69) is 37.1 Å². The molecule has 15 heavy (non-hydrogen) atoms. The fraction of sp³-hybridized carbons (Fsp3) is 0.667. The van der Waals surface area contributed by atoms with Crippen LogP contribution in [0.4, 0.5) is 0 Å². The third-order valence-corrected chi connectivity index (χ3v) is 3.81. The van der Waals surface area contributed by atoms with Crippen molar-refractivity contribution in [2.45, 2.75) is 33.2 Å². The summed E-state index contributed by atoms with van der Waals surface area (Å²) in [4.78, 5) is 3.78. The molecule has 1 heterocycles. The predicted octanol–water partition coefficient (Wildman–Crippen LogP) is 2.79. The van der Waals surface area contributed by atoms with Gasteiger partial charge in [-0.15, -0.1) is 11.3 Å². The molecule has 1 aromatic heterocycles. The molecule has 1 rings (SSSR count). The molecule has 0 fully saturated rings. The molecule has 2 N–H and O–H groups in total. The Hall–Kier alpha value is -0.380. The van der Waals surface area contributed by atoms with E-state index in [9.17, 15) is 0 Å². The van der Waals surface area contributed by atoms with E-state index in [4.69, 9.17) is 5.73 Å². The van der Waals surface area contributed by atoms with Crippen LogP contribution < -0.4 is 5.73 Å². The summed E-state index contributed by atoms with van der Waals surface area (Å²) in [6, 6.07) is 2.37.